The standard InChI is InChI=1S/C15H19F2N3O3/c1-15(2,9-21)18-13(22)8-19-5-6-20(14(19)23)10-3-4-11(16)12(17)7-10/h3-4,7,21H,5-6,8-9H2,1-2H3,(H,18,22). The summed E-state index contributed by atoms with van der Waals surface area (Å²) in [5.41, 5.74) is -0.535. The maximum atomic E-state index is 13.3. The normalized spacial score (nSPS) is 15.3. The van der Waals surface area contributed by atoms with Crippen LogP contribution in [0.5, 0.6) is 0 Å². The number of carbonyl (C=O) groups is 2. The number of carbonyl (C=O) groups excluding carboxylic acids is 2. The summed E-state index contributed by atoms with van der Waals surface area (Å²) in [4.78, 5) is 26.8. The van der Waals surface area contributed by atoms with Gasteiger partial charge in [-0.1, -0.05) is 0 Å². The van der Waals surface area contributed by atoms with Crippen molar-refractivity contribution in [2.75, 3.05) is 31.1 Å². The minimum atomic E-state index is -1.03. The average Bonchev–Trinajstić information content (AvgIpc) is 2.83. The van der Waals surface area contributed by atoms with Gasteiger partial charge in [0, 0.05) is 24.8 Å². The zero-order chi connectivity index (χ0) is 17.2. The highest BCUT2D eigenvalue weighted by molar-refractivity contribution is 5.96. The van der Waals surface area contributed by atoms with Gasteiger partial charge in [-0.25, -0.2) is 13.6 Å². The van der Waals surface area contributed by atoms with Crippen molar-refractivity contribution in [2.24, 2.45) is 0 Å². The average molecular weight is 327 g/mol. The van der Waals surface area contributed by atoms with Crippen LogP contribution in [0.15, 0.2) is 18.2 Å². The summed E-state index contributed by atoms with van der Waals surface area (Å²) >= 11 is 0. The van der Waals surface area contributed by atoms with E-state index in [0.29, 0.717) is 6.54 Å². The van der Waals surface area contributed by atoms with Gasteiger partial charge in [0.05, 0.1) is 12.1 Å². The quantitative estimate of drug-likeness (QED) is 0.850. The molecule has 8 heteroatoms. The van der Waals surface area contributed by atoms with Crippen LogP contribution in [0, 0.1) is 11.6 Å². The fraction of sp³-hybridized carbons (Fsp3) is 0.467. The molecule has 0 unspecified atom stereocenters. The first kappa shape index (κ1) is 17.1. The van der Waals surface area contributed by atoms with Crippen LogP contribution in [0.4, 0.5) is 19.3 Å². The fourth-order valence-electron chi connectivity index (χ4n) is 2.25. The molecule has 126 valence electrons. The SMILES string of the molecule is CC(C)(CO)NC(=O)CN1CCN(c2ccc(F)c(F)c2)C1=O. The van der Waals surface area contributed by atoms with Gasteiger partial charge in [0.25, 0.3) is 0 Å². The number of aliphatic hydroxyl groups excluding tert-OH is 1. The molecule has 23 heavy (non-hydrogen) atoms. The fourth-order valence-corrected chi connectivity index (χ4v) is 2.25. The molecule has 0 radical (unpaired) electrons. The van der Waals surface area contributed by atoms with Gasteiger partial charge < -0.3 is 15.3 Å². The molecule has 1 aromatic carbocycles. The van der Waals surface area contributed by atoms with Crippen molar-refractivity contribution >= 4 is 17.6 Å². The molecular formula is C15H19F2N3O3. The van der Waals surface area contributed by atoms with E-state index in [4.69, 9.17) is 5.11 Å². The molecule has 1 saturated heterocycles. The molecule has 6 nitrogen and oxygen atoms in total. The Morgan fingerprint density at radius 2 is 2.00 bits per heavy atom. The van der Waals surface area contributed by atoms with E-state index in [2.05, 4.69) is 5.32 Å². The lowest BCUT2D eigenvalue weighted by Gasteiger charge is -2.25. The number of benzene rings is 1. The van der Waals surface area contributed by atoms with Gasteiger partial charge in [-0.3, -0.25) is 9.69 Å². The van der Waals surface area contributed by atoms with Gasteiger partial charge in [0.15, 0.2) is 11.6 Å². The van der Waals surface area contributed by atoms with Crippen molar-refractivity contribution in [3.63, 3.8) is 0 Å². The number of urea groups is 1. The highest BCUT2D eigenvalue weighted by Crippen LogP contribution is 2.22. The van der Waals surface area contributed by atoms with Crippen LogP contribution in [-0.4, -0.2) is 53.7 Å². The number of amides is 3. The van der Waals surface area contributed by atoms with Gasteiger partial charge in [0.1, 0.15) is 6.54 Å². The lowest BCUT2D eigenvalue weighted by Crippen LogP contribution is -2.50. The van der Waals surface area contributed by atoms with Crippen LogP contribution < -0.4 is 10.2 Å². The van der Waals surface area contributed by atoms with E-state index in [0.717, 1.165) is 12.1 Å². The van der Waals surface area contributed by atoms with Crippen molar-refractivity contribution in [1.82, 2.24) is 10.2 Å². The van der Waals surface area contributed by atoms with Crippen LogP contribution in [0.3, 0.4) is 0 Å². The Balaban J connectivity index is 2.01. The van der Waals surface area contributed by atoms with Crippen molar-refractivity contribution in [1.29, 1.82) is 0 Å². The van der Waals surface area contributed by atoms with E-state index in [1.54, 1.807) is 13.8 Å². The van der Waals surface area contributed by atoms with Gasteiger partial charge in [-0.05, 0) is 26.0 Å². The molecule has 3 amide bonds. The summed E-state index contributed by atoms with van der Waals surface area (Å²) < 4.78 is 26.2. The molecule has 0 saturated carbocycles. The Bertz CT molecular complexity index is 622. The molecule has 1 aromatic rings. The molecule has 1 heterocycles. The molecule has 1 aliphatic heterocycles. The van der Waals surface area contributed by atoms with Crippen LogP contribution >= 0.6 is 0 Å². The molecule has 2 rings (SSSR count). The Kier molecular flexibility index (Phi) is 4.84. The molecule has 0 aliphatic carbocycles. The Hall–Kier alpha value is -2.22. The van der Waals surface area contributed by atoms with E-state index in [1.165, 1.54) is 15.9 Å². The largest absolute Gasteiger partial charge is 0.394 e. The van der Waals surface area contributed by atoms with Crippen LogP contribution in [0.25, 0.3) is 0 Å². The Labute approximate surface area is 132 Å². The monoisotopic (exact) mass is 327 g/mol. The van der Waals surface area contributed by atoms with E-state index in [9.17, 15) is 18.4 Å². The van der Waals surface area contributed by atoms with E-state index in [1.807, 2.05) is 0 Å². The number of hydrogen-bond donors (Lipinski definition) is 2. The number of rotatable bonds is 5. The Morgan fingerprint density at radius 1 is 1.30 bits per heavy atom. The van der Waals surface area contributed by atoms with Gasteiger partial charge >= 0.3 is 6.03 Å². The third-order valence-electron chi connectivity index (χ3n) is 3.52. The molecule has 0 aromatic heterocycles. The predicted octanol–water partition coefficient (Wildman–Crippen LogP) is 1.09. The molecule has 0 bridgehead atoms. The van der Waals surface area contributed by atoms with Crippen molar-refractivity contribution < 1.29 is 23.5 Å². The van der Waals surface area contributed by atoms with Crippen molar-refractivity contribution in [3.05, 3.63) is 29.8 Å². The number of aliphatic hydroxyl groups is 1. The second-order valence-electron chi connectivity index (χ2n) is 6.04. The number of hydrogen-bond acceptors (Lipinski definition) is 3. The van der Waals surface area contributed by atoms with Crippen molar-refractivity contribution in [2.45, 2.75) is 19.4 Å². The van der Waals surface area contributed by atoms with Crippen LogP contribution in [0.2, 0.25) is 0 Å². The summed E-state index contributed by atoms with van der Waals surface area (Å²) in [5, 5.41) is 11.7. The second-order valence-corrected chi connectivity index (χ2v) is 6.04. The van der Waals surface area contributed by atoms with Crippen LogP contribution in [0.1, 0.15) is 13.8 Å². The summed E-state index contributed by atoms with van der Waals surface area (Å²) in [6, 6.07) is 2.77. The Morgan fingerprint density at radius 3 is 2.61 bits per heavy atom. The zero-order valence-corrected chi connectivity index (χ0v) is 13.0. The maximum Gasteiger partial charge on any atom is 0.325 e. The minimum absolute atomic E-state index is 0.164. The van der Waals surface area contributed by atoms with Gasteiger partial charge in [-0.15, -0.1) is 0 Å². The molecule has 0 atom stereocenters. The first-order chi connectivity index (χ1) is 10.7. The second kappa shape index (κ2) is 6.49. The minimum Gasteiger partial charge on any atom is -0.394 e. The summed E-state index contributed by atoms with van der Waals surface area (Å²) in [6.45, 7) is 3.50. The zero-order valence-electron chi connectivity index (χ0n) is 13.0. The molecule has 2 N–H and O–H groups in total. The third kappa shape index (κ3) is 3.95. The summed E-state index contributed by atoms with van der Waals surface area (Å²) in [7, 11) is 0. The van der Waals surface area contributed by atoms with Crippen molar-refractivity contribution in [3.8, 4) is 0 Å². The number of anilines is 1. The van der Waals surface area contributed by atoms with Crippen LogP contribution in [-0.2, 0) is 4.79 Å². The number of halogens is 2. The maximum absolute atomic E-state index is 13.3. The third-order valence-corrected chi connectivity index (χ3v) is 3.52. The highest BCUT2D eigenvalue weighted by Gasteiger charge is 2.32. The van der Waals surface area contributed by atoms with E-state index in [-0.39, 0.29) is 25.4 Å². The topological polar surface area (TPSA) is 72.9 Å². The highest BCUT2D eigenvalue weighted by atomic mass is 19.2. The summed E-state index contributed by atoms with van der Waals surface area (Å²) in [5.74, 6) is -2.41. The van der Waals surface area contributed by atoms with E-state index >= 15 is 0 Å². The first-order valence-electron chi connectivity index (χ1n) is 7.17. The lowest BCUT2D eigenvalue weighted by atomic mass is 10.1. The first-order valence-corrected chi connectivity index (χ1v) is 7.17. The lowest BCUT2D eigenvalue weighted by molar-refractivity contribution is -0.123. The summed E-state index contributed by atoms with van der Waals surface area (Å²) in [6.07, 6.45) is 0. The van der Waals surface area contributed by atoms with E-state index < -0.39 is 29.1 Å². The molecule has 1 fully saturated rings. The predicted molar refractivity (Wildman–Crippen MR) is 80.0 cm³/mol. The smallest absolute Gasteiger partial charge is 0.325 e. The molecule has 0 spiro atoms. The molecule has 1 aliphatic rings. The number of nitrogens with one attached hydrogen (secondary N) is 1. The number of nitrogens with zero attached hydrogens (tertiary/aromatic N) is 2. The van der Waals surface area contributed by atoms with Gasteiger partial charge in [-0.2, -0.15) is 0 Å². The van der Waals surface area contributed by atoms with Gasteiger partial charge in [0.2, 0.25) is 5.91 Å². The molecular weight excluding hydrogens is 308 g/mol.